The van der Waals surface area contributed by atoms with Crippen LogP contribution in [0.25, 0.3) is 0 Å². The van der Waals surface area contributed by atoms with Crippen LogP contribution in [0.4, 0.5) is 0 Å². The number of nitrogens with one attached hydrogen (secondary N) is 1. The van der Waals surface area contributed by atoms with Crippen LogP contribution in [-0.2, 0) is 0 Å². The quantitative estimate of drug-likeness (QED) is 0.598. The number of hydrogen-bond acceptors (Lipinski definition) is 3. The van der Waals surface area contributed by atoms with E-state index in [1.165, 1.54) is 6.42 Å². The van der Waals surface area contributed by atoms with Gasteiger partial charge in [0.25, 0.3) is 0 Å². The van der Waals surface area contributed by atoms with Crippen LogP contribution >= 0.6 is 0 Å². The fraction of sp³-hybridized carbons (Fsp3) is 0.571. The molecule has 1 fully saturated rings. The van der Waals surface area contributed by atoms with Crippen LogP contribution in [0.15, 0.2) is 33.0 Å². The number of hydrogen-bond donors (Lipinski definition) is 1. The molecule has 1 aliphatic rings. The first kappa shape index (κ1) is 14.5. The molecule has 1 aliphatic heterocycles. The zero-order valence-electron chi connectivity index (χ0n) is 12.1. The molecule has 0 aromatic rings. The molecule has 0 amide bonds. The van der Waals surface area contributed by atoms with Crippen molar-refractivity contribution in [2.75, 3.05) is 27.2 Å². The van der Waals surface area contributed by atoms with E-state index in [0.29, 0.717) is 0 Å². The molecule has 0 aromatic carbocycles. The molecule has 1 heterocycles. The van der Waals surface area contributed by atoms with Gasteiger partial charge in [-0.1, -0.05) is 0 Å². The monoisotopic (exact) mass is 248 g/mol. The van der Waals surface area contributed by atoms with Crippen molar-refractivity contribution < 1.29 is 0 Å². The molecule has 0 bridgehead atoms. The van der Waals surface area contributed by atoms with Gasteiger partial charge in [0.05, 0.1) is 12.1 Å². The Kier molecular flexibility index (Phi) is 5.62. The Morgan fingerprint density at radius 2 is 1.89 bits per heavy atom. The van der Waals surface area contributed by atoms with Crippen LogP contribution < -0.4 is 5.32 Å². The summed E-state index contributed by atoms with van der Waals surface area (Å²) in [6.07, 6.45) is 5.07. The third-order valence-electron chi connectivity index (χ3n) is 3.28. The van der Waals surface area contributed by atoms with Gasteiger partial charge >= 0.3 is 0 Å². The van der Waals surface area contributed by atoms with Crippen molar-refractivity contribution in [3.05, 3.63) is 23.0 Å². The van der Waals surface area contributed by atoms with E-state index < -0.39 is 0 Å². The third-order valence-corrected chi connectivity index (χ3v) is 3.28. The van der Waals surface area contributed by atoms with Gasteiger partial charge in [0.1, 0.15) is 0 Å². The summed E-state index contributed by atoms with van der Waals surface area (Å²) in [6.45, 7) is 8.43. The highest BCUT2D eigenvalue weighted by atomic mass is 15.2. The summed E-state index contributed by atoms with van der Waals surface area (Å²) >= 11 is 0. The molecule has 0 atom stereocenters. The topological polar surface area (TPSA) is 40.0 Å². The van der Waals surface area contributed by atoms with Crippen LogP contribution in [0.5, 0.6) is 0 Å². The summed E-state index contributed by atoms with van der Waals surface area (Å²) in [5.41, 5.74) is 4.38. The molecule has 0 unspecified atom stereocenters. The second kappa shape index (κ2) is 6.99. The maximum absolute atomic E-state index is 4.35. The number of likely N-dealkylation sites (tertiary alicyclic amines) is 1. The molecule has 0 saturated carbocycles. The molecule has 18 heavy (non-hydrogen) atoms. The molecule has 1 saturated heterocycles. The first-order chi connectivity index (χ1) is 8.60. The van der Waals surface area contributed by atoms with E-state index in [2.05, 4.69) is 34.0 Å². The largest absolute Gasteiger partial charge is 0.391 e. The smallest absolute Gasteiger partial charge is 0.0905 e. The predicted octanol–water partition coefficient (Wildman–Crippen LogP) is 2.21. The van der Waals surface area contributed by atoms with Crippen LogP contribution in [0.2, 0.25) is 0 Å². The van der Waals surface area contributed by atoms with Crippen LogP contribution in [0.3, 0.4) is 0 Å². The SMILES string of the molecule is C/N=C(C(/C)=C/N=C/N1CCC1)\C(C)=C(/C)NC. The fourth-order valence-corrected chi connectivity index (χ4v) is 1.76. The lowest BCUT2D eigenvalue weighted by atomic mass is 10.0. The lowest BCUT2D eigenvalue weighted by Crippen LogP contribution is -2.35. The number of allylic oxidation sites excluding steroid dienone is 3. The first-order valence-corrected chi connectivity index (χ1v) is 6.37. The van der Waals surface area contributed by atoms with E-state index >= 15 is 0 Å². The number of nitrogens with zero attached hydrogens (tertiary/aromatic N) is 3. The normalized spacial score (nSPS) is 18.8. The average molecular weight is 248 g/mol. The Morgan fingerprint density at radius 1 is 1.22 bits per heavy atom. The summed E-state index contributed by atoms with van der Waals surface area (Å²) in [7, 11) is 3.74. The van der Waals surface area contributed by atoms with Gasteiger partial charge in [-0.05, 0) is 38.3 Å². The molecule has 100 valence electrons. The van der Waals surface area contributed by atoms with Gasteiger partial charge in [-0.3, -0.25) is 4.99 Å². The predicted molar refractivity (Wildman–Crippen MR) is 79.2 cm³/mol. The van der Waals surface area contributed by atoms with E-state index in [0.717, 1.165) is 35.6 Å². The van der Waals surface area contributed by atoms with Gasteiger partial charge in [-0.25, -0.2) is 4.99 Å². The Labute approximate surface area is 110 Å². The maximum atomic E-state index is 4.35. The van der Waals surface area contributed by atoms with Crippen LogP contribution in [0.1, 0.15) is 27.2 Å². The van der Waals surface area contributed by atoms with Crippen LogP contribution in [0, 0.1) is 0 Å². The van der Waals surface area contributed by atoms with Gasteiger partial charge in [0.15, 0.2) is 0 Å². The van der Waals surface area contributed by atoms with Gasteiger partial charge in [-0.15, -0.1) is 0 Å². The third kappa shape index (κ3) is 3.72. The molecule has 1 N–H and O–H groups in total. The summed E-state index contributed by atoms with van der Waals surface area (Å²) in [5, 5.41) is 3.15. The molecule has 1 rings (SSSR count). The lowest BCUT2D eigenvalue weighted by Gasteiger charge is -2.27. The average Bonchev–Trinajstić information content (AvgIpc) is 2.32. The lowest BCUT2D eigenvalue weighted by molar-refractivity contribution is 0.309. The summed E-state index contributed by atoms with van der Waals surface area (Å²) < 4.78 is 0. The van der Waals surface area contributed by atoms with E-state index in [-0.39, 0.29) is 0 Å². The van der Waals surface area contributed by atoms with Crippen molar-refractivity contribution in [1.29, 1.82) is 0 Å². The minimum Gasteiger partial charge on any atom is -0.391 e. The van der Waals surface area contributed by atoms with Crippen LogP contribution in [-0.4, -0.2) is 44.1 Å². The standard InChI is InChI=1S/C14H24N4/c1-11(9-17-10-18-7-6-8-18)14(16-5)12(2)13(3)15-4/h9-10,15H,6-8H2,1-5H3/b11-9+,13-12+,16-14-,17-10+. The summed E-state index contributed by atoms with van der Waals surface area (Å²) in [6, 6.07) is 0. The van der Waals surface area contributed by atoms with E-state index in [4.69, 9.17) is 0 Å². The molecule has 4 nitrogen and oxygen atoms in total. The molecular formula is C14H24N4. The Hall–Kier alpha value is -1.58. The van der Waals surface area contributed by atoms with E-state index in [9.17, 15) is 0 Å². The van der Waals surface area contributed by atoms with Gasteiger partial charge in [-0.2, -0.15) is 0 Å². The second-order valence-corrected chi connectivity index (χ2v) is 4.54. The molecular weight excluding hydrogens is 224 g/mol. The second-order valence-electron chi connectivity index (χ2n) is 4.54. The zero-order chi connectivity index (χ0) is 13.5. The van der Waals surface area contributed by atoms with Crippen molar-refractivity contribution in [1.82, 2.24) is 10.2 Å². The molecule has 0 aromatic heterocycles. The maximum Gasteiger partial charge on any atom is 0.0905 e. The van der Waals surface area contributed by atoms with E-state index in [1.807, 2.05) is 33.6 Å². The van der Waals surface area contributed by atoms with Gasteiger partial charge in [0.2, 0.25) is 0 Å². The minimum absolute atomic E-state index is 1.00. The molecule has 0 aliphatic carbocycles. The highest BCUT2D eigenvalue weighted by Crippen LogP contribution is 2.11. The van der Waals surface area contributed by atoms with Crippen molar-refractivity contribution in [2.24, 2.45) is 9.98 Å². The van der Waals surface area contributed by atoms with Crippen molar-refractivity contribution >= 4 is 12.1 Å². The Morgan fingerprint density at radius 3 is 2.33 bits per heavy atom. The molecule has 0 radical (unpaired) electrons. The number of aliphatic imine (C=N–C) groups is 2. The van der Waals surface area contributed by atoms with Gasteiger partial charge < -0.3 is 10.2 Å². The van der Waals surface area contributed by atoms with Crippen molar-refractivity contribution in [2.45, 2.75) is 27.2 Å². The Balaban J connectivity index is 2.76. The molecule has 4 heteroatoms. The van der Waals surface area contributed by atoms with Crippen molar-refractivity contribution in [3.8, 4) is 0 Å². The zero-order valence-corrected chi connectivity index (χ0v) is 12.1. The Bertz CT molecular complexity index is 398. The fourth-order valence-electron chi connectivity index (χ4n) is 1.76. The first-order valence-electron chi connectivity index (χ1n) is 6.37. The van der Waals surface area contributed by atoms with Gasteiger partial charge in [0, 0.05) is 39.1 Å². The highest BCUT2D eigenvalue weighted by Gasteiger charge is 2.09. The van der Waals surface area contributed by atoms with E-state index in [1.54, 1.807) is 0 Å². The molecule has 0 spiro atoms. The highest BCUT2D eigenvalue weighted by molar-refractivity contribution is 6.11. The summed E-state index contributed by atoms with van der Waals surface area (Å²) in [5.74, 6) is 0. The minimum atomic E-state index is 1.00. The summed E-state index contributed by atoms with van der Waals surface area (Å²) in [4.78, 5) is 10.9. The van der Waals surface area contributed by atoms with Crippen molar-refractivity contribution in [3.63, 3.8) is 0 Å². The number of rotatable bonds is 5.